The Bertz CT molecular complexity index is 819. The van der Waals surface area contributed by atoms with Gasteiger partial charge in [-0.15, -0.1) is 0 Å². The first-order chi connectivity index (χ1) is 11.1. The van der Waals surface area contributed by atoms with E-state index in [4.69, 9.17) is 0 Å². The number of anilines is 2. The molecule has 2 aromatic carbocycles. The normalized spacial score (nSPS) is 16.3. The Morgan fingerprint density at radius 1 is 0.957 bits per heavy atom. The molecule has 0 spiro atoms. The number of rotatable bonds is 4. The monoisotopic (exact) mass is 330 g/mol. The van der Waals surface area contributed by atoms with Gasteiger partial charge in [-0.25, -0.2) is 13.2 Å². The smallest absolute Gasteiger partial charge is 0.292 e. The second-order valence-corrected chi connectivity index (χ2v) is 7.12. The fraction of sp³-hybridized carbons (Fsp3) is 0.235. The third-order valence-electron chi connectivity index (χ3n) is 3.80. The number of carbonyl (C=O) groups is 1. The number of nitrogens with zero attached hydrogens (tertiary/aromatic N) is 2. The van der Waals surface area contributed by atoms with Crippen molar-refractivity contribution in [2.24, 2.45) is 0 Å². The third kappa shape index (κ3) is 2.59. The van der Waals surface area contributed by atoms with Crippen LogP contribution >= 0.6 is 0 Å². The summed E-state index contributed by atoms with van der Waals surface area (Å²) in [6.45, 7) is 2.53. The zero-order valence-electron chi connectivity index (χ0n) is 12.8. The highest BCUT2D eigenvalue weighted by Gasteiger charge is 2.41. The average Bonchev–Trinajstić information content (AvgIpc) is 2.56. The summed E-state index contributed by atoms with van der Waals surface area (Å²) < 4.78 is 26.7. The molecule has 0 bridgehead atoms. The summed E-state index contributed by atoms with van der Waals surface area (Å²) >= 11 is 0. The van der Waals surface area contributed by atoms with Crippen LogP contribution in [-0.4, -0.2) is 21.0 Å². The van der Waals surface area contributed by atoms with Crippen molar-refractivity contribution in [2.45, 2.75) is 24.7 Å². The Labute approximate surface area is 136 Å². The lowest BCUT2D eigenvalue weighted by molar-refractivity contribution is 0.253. The van der Waals surface area contributed by atoms with Crippen LogP contribution in [0, 0.1) is 0 Å². The standard InChI is InChI=1S/C17H18N2O3S/c1-2-3-13-18-15-11-7-8-12-16(15)23(21,22)19(17(18)20)14-9-5-4-6-10-14/h4-12H,2-3,13H2,1H3. The van der Waals surface area contributed by atoms with Gasteiger partial charge in [-0.1, -0.05) is 43.7 Å². The van der Waals surface area contributed by atoms with Crippen molar-refractivity contribution in [3.63, 3.8) is 0 Å². The van der Waals surface area contributed by atoms with Crippen LogP contribution in [0.25, 0.3) is 0 Å². The Hall–Kier alpha value is -2.34. The van der Waals surface area contributed by atoms with E-state index in [9.17, 15) is 13.2 Å². The summed E-state index contributed by atoms with van der Waals surface area (Å²) in [5.74, 6) is 0. The topological polar surface area (TPSA) is 57.7 Å². The summed E-state index contributed by atoms with van der Waals surface area (Å²) in [5, 5.41) is 0. The van der Waals surface area contributed by atoms with E-state index in [2.05, 4.69) is 0 Å². The molecule has 0 fully saturated rings. The zero-order chi connectivity index (χ0) is 16.4. The number of para-hydroxylation sites is 2. The van der Waals surface area contributed by atoms with Crippen molar-refractivity contribution >= 4 is 27.4 Å². The maximum Gasteiger partial charge on any atom is 0.343 e. The lowest BCUT2D eigenvalue weighted by Crippen LogP contribution is -2.51. The molecule has 0 aliphatic carbocycles. The summed E-state index contributed by atoms with van der Waals surface area (Å²) in [6.07, 6.45) is 1.73. The van der Waals surface area contributed by atoms with E-state index in [1.54, 1.807) is 59.5 Å². The first-order valence-electron chi connectivity index (χ1n) is 7.58. The first-order valence-corrected chi connectivity index (χ1v) is 9.02. The molecular weight excluding hydrogens is 312 g/mol. The van der Waals surface area contributed by atoms with Gasteiger partial charge in [0.1, 0.15) is 4.90 Å². The molecule has 0 N–H and O–H groups in total. The summed E-state index contributed by atoms with van der Waals surface area (Å²) in [6, 6.07) is 14.6. The largest absolute Gasteiger partial charge is 0.343 e. The van der Waals surface area contributed by atoms with Crippen LogP contribution in [0.15, 0.2) is 59.5 Å². The van der Waals surface area contributed by atoms with Gasteiger partial charge in [0.25, 0.3) is 10.0 Å². The Kier molecular flexibility index (Phi) is 4.09. The van der Waals surface area contributed by atoms with Crippen LogP contribution in [0.4, 0.5) is 16.2 Å². The molecule has 0 atom stereocenters. The van der Waals surface area contributed by atoms with E-state index in [1.807, 2.05) is 6.92 Å². The molecule has 2 aromatic rings. The molecule has 1 aliphatic heterocycles. The molecule has 0 radical (unpaired) electrons. The maximum atomic E-state index is 12.9. The Morgan fingerprint density at radius 2 is 1.61 bits per heavy atom. The number of fused-ring (bicyclic) bond motifs is 1. The third-order valence-corrected chi connectivity index (χ3v) is 5.55. The maximum absolute atomic E-state index is 12.9. The number of hydrogen-bond donors (Lipinski definition) is 0. The number of unbranched alkanes of at least 4 members (excludes halogenated alkanes) is 1. The minimum absolute atomic E-state index is 0.166. The fourth-order valence-corrected chi connectivity index (χ4v) is 4.25. The van der Waals surface area contributed by atoms with E-state index in [0.29, 0.717) is 17.9 Å². The van der Waals surface area contributed by atoms with Crippen LogP contribution in [0.1, 0.15) is 19.8 Å². The number of sulfonamides is 1. The average molecular weight is 330 g/mol. The number of urea groups is 1. The molecule has 23 heavy (non-hydrogen) atoms. The van der Waals surface area contributed by atoms with Crippen LogP contribution in [0.2, 0.25) is 0 Å². The number of carbonyl (C=O) groups excluding carboxylic acids is 1. The highest BCUT2D eigenvalue weighted by atomic mass is 32.2. The van der Waals surface area contributed by atoms with Crippen LogP contribution in [0.5, 0.6) is 0 Å². The highest BCUT2D eigenvalue weighted by Crippen LogP contribution is 2.36. The van der Waals surface area contributed by atoms with E-state index in [0.717, 1.165) is 17.1 Å². The van der Waals surface area contributed by atoms with Gasteiger partial charge in [-0.2, -0.15) is 4.31 Å². The molecule has 3 rings (SSSR count). The van der Waals surface area contributed by atoms with E-state index in [-0.39, 0.29) is 4.90 Å². The van der Waals surface area contributed by atoms with Gasteiger partial charge >= 0.3 is 6.03 Å². The molecule has 1 heterocycles. The quantitative estimate of drug-likeness (QED) is 0.860. The predicted molar refractivity (Wildman–Crippen MR) is 90.2 cm³/mol. The van der Waals surface area contributed by atoms with Crippen LogP contribution in [0.3, 0.4) is 0 Å². The molecule has 2 amide bonds. The molecule has 6 heteroatoms. The van der Waals surface area contributed by atoms with Gasteiger partial charge < -0.3 is 0 Å². The van der Waals surface area contributed by atoms with Gasteiger partial charge in [-0.05, 0) is 30.7 Å². The van der Waals surface area contributed by atoms with Crippen molar-refractivity contribution in [1.82, 2.24) is 0 Å². The highest BCUT2D eigenvalue weighted by molar-refractivity contribution is 7.94. The summed E-state index contributed by atoms with van der Waals surface area (Å²) in [4.78, 5) is 14.6. The second kappa shape index (κ2) is 6.04. The van der Waals surface area contributed by atoms with E-state index in [1.165, 1.54) is 0 Å². The van der Waals surface area contributed by atoms with Crippen molar-refractivity contribution < 1.29 is 13.2 Å². The fourth-order valence-electron chi connectivity index (χ4n) is 2.66. The van der Waals surface area contributed by atoms with Crippen molar-refractivity contribution in [3.05, 3.63) is 54.6 Å². The number of hydrogen-bond acceptors (Lipinski definition) is 3. The minimum Gasteiger partial charge on any atom is -0.292 e. The molecule has 1 aliphatic rings. The molecule has 5 nitrogen and oxygen atoms in total. The van der Waals surface area contributed by atoms with E-state index >= 15 is 0 Å². The lowest BCUT2D eigenvalue weighted by Gasteiger charge is -2.36. The van der Waals surface area contributed by atoms with Gasteiger partial charge in [0, 0.05) is 6.54 Å². The number of amides is 2. The molecule has 0 saturated carbocycles. The number of benzene rings is 2. The molecule has 0 aromatic heterocycles. The zero-order valence-corrected chi connectivity index (χ0v) is 13.7. The SMILES string of the molecule is CCCCN1C(=O)N(c2ccccc2)S(=O)(=O)c2ccccc21. The lowest BCUT2D eigenvalue weighted by atomic mass is 10.2. The second-order valence-electron chi connectivity index (χ2n) is 5.36. The van der Waals surface area contributed by atoms with Crippen molar-refractivity contribution in [3.8, 4) is 0 Å². The Morgan fingerprint density at radius 3 is 2.30 bits per heavy atom. The summed E-state index contributed by atoms with van der Waals surface area (Å²) in [7, 11) is -3.90. The predicted octanol–water partition coefficient (Wildman–Crippen LogP) is 3.62. The van der Waals surface area contributed by atoms with Crippen LogP contribution in [-0.2, 0) is 10.0 Å². The minimum atomic E-state index is -3.90. The van der Waals surface area contributed by atoms with E-state index < -0.39 is 16.1 Å². The molecule has 0 unspecified atom stereocenters. The van der Waals surface area contributed by atoms with Gasteiger partial charge in [0.05, 0.1) is 11.4 Å². The van der Waals surface area contributed by atoms with Gasteiger partial charge in [-0.3, -0.25) is 4.90 Å². The summed E-state index contributed by atoms with van der Waals surface area (Å²) in [5.41, 5.74) is 0.812. The molecular formula is C17H18N2O3S. The van der Waals surface area contributed by atoms with Crippen molar-refractivity contribution in [2.75, 3.05) is 15.7 Å². The molecule has 120 valence electrons. The van der Waals surface area contributed by atoms with Crippen molar-refractivity contribution in [1.29, 1.82) is 0 Å². The Balaban J connectivity index is 2.18. The molecule has 0 saturated heterocycles. The van der Waals surface area contributed by atoms with Crippen LogP contribution < -0.4 is 9.21 Å². The first kappa shape index (κ1) is 15.6. The van der Waals surface area contributed by atoms with Gasteiger partial charge in [0.15, 0.2) is 0 Å². The van der Waals surface area contributed by atoms with Gasteiger partial charge in [0.2, 0.25) is 0 Å².